The summed E-state index contributed by atoms with van der Waals surface area (Å²) in [5, 5.41) is 0. The Morgan fingerprint density at radius 2 is 1.88 bits per heavy atom. The summed E-state index contributed by atoms with van der Waals surface area (Å²) in [6, 6.07) is 6.17. The number of rotatable bonds is 2. The van der Waals surface area contributed by atoms with Crippen LogP contribution < -0.4 is 4.90 Å². The fraction of sp³-hybridized carbons (Fsp3) is 0.421. The summed E-state index contributed by atoms with van der Waals surface area (Å²) in [6.45, 7) is 5.15. The van der Waals surface area contributed by atoms with E-state index in [1.807, 2.05) is 12.3 Å². The molecule has 1 N–H and O–H groups in total. The average Bonchev–Trinajstić information content (AvgIpc) is 3.29. The molecule has 2 aliphatic heterocycles. The van der Waals surface area contributed by atoms with Crippen molar-refractivity contribution in [3.63, 3.8) is 0 Å². The third kappa shape index (κ3) is 2.73. The predicted octanol–water partition coefficient (Wildman–Crippen LogP) is 2.67. The summed E-state index contributed by atoms with van der Waals surface area (Å²) in [7, 11) is 0. The number of imidazole rings is 1. The number of H-pyrrole nitrogens is 1. The molecule has 1 spiro atoms. The van der Waals surface area contributed by atoms with E-state index in [1.165, 1.54) is 5.56 Å². The number of anilines is 1. The lowest BCUT2D eigenvalue weighted by molar-refractivity contribution is -0.169. The van der Waals surface area contributed by atoms with Crippen LogP contribution in [0.5, 0.6) is 0 Å². The summed E-state index contributed by atoms with van der Waals surface area (Å²) in [6.07, 6.45) is 5.26. The number of benzene rings is 1. The molecule has 2 fully saturated rings. The minimum Gasteiger partial charge on any atom is -0.355 e. The molecule has 1 aromatic carbocycles. The third-order valence-corrected chi connectivity index (χ3v) is 5.16. The fourth-order valence-electron chi connectivity index (χ4n) is 3.73. The summed E-state index contributed by atoms with van der Waals surface area (Å²) in [4.78, 5) is 19.4. The lowest BCUT2D eigenvalue weighted by Crippen LogP contribution is -2.45. The Bertz CT molecular complexity index is 938. The van der Waals surface area contributed by atoms with E-state index < -0.39 is 0 Å². The van der Waals surface area contributed by atoms with Crippen molar-refractivity contribution in [2.24, 2.45) is 0 Å². The van der Waals surface area contributed by atoms with E-state index in [4.69, 9.17) is 14.5 Å². The molecule has 0 amide bonds. The van der Waals surface area contributed by atoms with E-state index in [0.29, 0.717) is 13.2 Å². The van der Waals surface area contributed by atoms with Crippen LogP contribution in [0.1, 0.15) is 18.4 Å². The third-order valence-electron chi connectivity index (χ3n) is 5.16. The first-order valence-electron chi connectivity index (χ1n) is 9.02. The number of nitrogens with zero attached hydrogens (tertiary/aromatic N) is 4. The molecule has 0 unspecified atom stereocenters. The molecule has 7 heteroatoms. The molecular weight excluding hydrogens is 330 g/mol. The molecule has 2 saturated heterocycles. The van der Waals surface area contributed by atoms with Gasteiger partial charge >= 0.3 is 0 Å². The van der Waals surface area contributed by atoms with Gasteiger partial charge in [-0.05, 0) is 24.6 Å². The second-order valence-corrected chi connectivity index (χ2v) is 6.96. The first kappa shape index (κ1) is 15.7. The zero-order valence-corrected chi connectivity index (χ0v) is 14.7. The van der Waals surface area contributed by atoms with Crippen LogP contribution in [0.15, 0.2) is 30.6 Å². The van der Waals surface area contributed by atoms with Gasteiger partial charge in [-0.15, -0.1) is 0 Å². The monoisotopic (exact) mass is 351 g/mol. The Kier molecular flexibility index (Phi) is 3.65. The van der Waals surface area contributed by atoms with Gasteiger partial charge in [0, 0.05) is 25.9 Å². The van der Waals surface area contributed by atoms with Crippen molar-refractivity contribution in [2.75, 3.05) is 31.2 Å². The zero-order valence-electron chi connectivity index (χ0n) is 14.7. The van der Waals surface area contributed by atoms with Gasteiger partial charge in [-0.3, -0.25) is 4.98 Å². The number of aromatic nitrogens is 4. The largest absolute Gasteiger partial charge is 0.355 e. The second-order valence-electron chi connectivity index (χ2n) is 6.96. The predicted molar refractivity (Wildman–Crippen MR) is 97.9 cm³/mol. The summed E-state index contributed by atoms with van der Waals surface area (Å²) in [5.74, 6) is 1.24. The molecule has 0 saturated carbocycles. The molecule has 0 atom stereocenters. The maximum atomic E-state index is 5.80. The second kappa shape index (κ2) is 6.03. The van der Waals surface area contributed by atoms with Gasteiger partial charge in [-0.1, -0.05) is 6.07 Å². The van der Waals surface area contributed by atoms with Crippen LogP contribution in [-0.4, -0.2) is 52.0 Å². The minimum atomic E-state index is -0.377. The molecule has 134 valence electrons. The zero-order chi connectivity index (χ0) is 17.6. The Morgan fingerprint density at radius 3 is 2.69 bits per heavy atom. The first-order chi connectivity index (χ1) is 12.7. The molecule has 7 nitrogen and oxygen atoms in total. The summed E-state index contributed by atoms with van der Waals surface area (Å²) < 4.78 is 11.6. The molecule has 3 aromatic rings. The van der Waals surface area contributed by atoms with E-state index >= 15 is 0 Å². The van der Waals surface area contributed by atoms with E-state index in [2.05, 4.69) is 38.9 Å². The number of aryl methyl sites for hydroxylation is 1. The quantitative estimate of drug-likeness (QED) is 0.765. The van der Waals surface area contributed by atoms with Crippen LogP contribution in [-0.2, 0) is 9.47 Å². The van der Waals surface area contributed by atoms with Crippen LogP contribution in [0.3, 0.4) is 0 Å². The Labute approximate surface area is 151 Å². The van der Waals surface area contributed by atoms with Gasteiger partial charge in [-0.25, -0.2) is 9.97 Å². The van der Waals surface area contributed by atoms with Crippen LogP contribution in [0.25, 0.3) is 22.6 Å². The molecule has 26 heavy (non-hydrogen) atoms. The van der Waals surface area contributed by atoms with Crippen molar-refractivity contribution < 1.29 is 9.47 Å². The first-order valence-corrected chi connectivity index (χ1v) is 9.02. The van der Waals surface area contributed by atoms with Gasteiger partial charge in [0.25, 0.3) is 0 Å². The minimum absolute atomic E-state index is 0.377. The van der Waals surface area contributed by atoms with Crippen molar-refractivity contribution >= 4 is 16.9 Å². The number of aromatic amines is 1. The molecule has 0 aliphatic carbocycles. The maximum Gasteiger partial charge on any atom is 0.171 e. The van der Waals surface area contributed by atoms with Crippen LogP contribution in [0, 0.1) is 6.92 Å². The van der Waals surface area contributed by atoms with Gasteiger partial charge in [0.15, 0.2) is 11.6 Å². The topological polar surface area (TPSA) is 76.2 Å². The van der Waals surface area contributed by atoms with Gasteiger partial charge in [0.2, 0.25) is 0 Å². The number of hydrogen-bond acceptors (Lipinski definition) is 6. The number of hydrogen-bond donors (Lipinski definition) is 1. The number of fused-ring (bicyclic) bond motifs is 1. The highest BCUT2D eigenvalue weighted by atomic mass is 16.7. The summed E-state index contributed by atoms with van der Waals surface area (Å²) >= 11 is 0. The maximum absolute atomic E-state index is 5.80. The molecule has 2 aromatic heterocycles. The van der Waals surface area contributed by atoms with E-state index in [-0.39, 0.29) is 5.79 Å². The lowest BCUT2D eigenvalue weighted by Gasteiger charge is -2.38. The highest BCUT2D eigenvalue weighted by Crippen LogP contribution is 2.33. The van der Waals surface area contributed by atoms with Crippen LogP contribution in [0.4, 0.5) is 5.82 Å². The average molecular weight is 351 g/mol. The Hall–Kier alpha value is -2.51. The summed E-state index contributed by atoms with van der Waals surface area (Å²) in [5.41, 5.74) is 3.91. The highest BCUT2D eigenvalue weighted by Gasteiger charge is 2.40. The number of ether oxygens (including phenoxy) is 2. The normalized spacial score (nSPS) is 19.5. The molecular formula is C19H21N5O2. The SMILES string of the molecule is Cc1ccc2nc(-c3cncc(N4CCC5(CC4)OCCO5)n3)[nH]c2c1. The lowest BCUT2D eigenvalue weighted by atomic mass is 10.0. The number of piperidine rings is 1. The molecule has 4 heterocycles. The Balaban J connectivity index is 1.40. The molecule has 0 bridgehead atoms. The van der Waals surface area contributed by atoms with Gasteiger partial charge < -0.3 is 19.4 Å². The molecule has 5 rings (SSSR count). The van der Waals surface area contributed by atoms with Crippen molar-refractivity contribution in [3.05, 3.63) is 36.2 Å². The smallest absolute Gasteiger partial charge is 0.171 e. The molecule has 2 aliphatic rings. The standard InChI is InChI=1S/C19H21N5O2/c1-13-2-3-14-15(10-13)23-18(22-14)16-11-20-12-17(21-16)24-6-4-19(5-7-24)25-8-9-26-19/h2-3,10-12H,4-9H2,1H3,(H,22,23). The van der Waals surface area contributed by atoms with Crippen molar-refractivity contribution in [1.29, 1.82) is 0 Å². The highest BCUT2D eigenvalue weighted by molar-refractivity contribution is 5.79. The van der Waals surface area contributed by atoms with Crippen LogP contribution >= 0.6 is 0 Å². The van der Waals surface area contributed by atoms with E-state index in [9.17, 15) is 0 Å². The van der Waals surface area contributed by atoms with E-state index in [1.54, 1.807) is 6.20 Å². The van der Waals surface area contributed by atoms with Crippen LogP contribution in [0.2, 0.25) is 0 Å². The molecule has 0 radical (unpaired) electrons. The van der Waals surface area contributed by atoms with Gasteiger partial charge in [-0.2, -0.15) is 0 Å². The van der Waals surface area contributed by atoms with Gasteiger partial charge in [0.1, 0.15) is 11.5 Å². The van der Waals surface area contributed by atoms with Gasteiger partial charge in [0.05, 0.1) is 36.6 Å². The van der Waals surface area contributed by atoms with Crippen molar-refractivity contribution in [3.8, 4) is 11.5 Å². The van der Waals surface area contributed by atoms with E-state index in [0.717, 1.165) is 54.3 Å². The fourth-order valence-corrected chi connectivity index (χ4v) is 3.73. The number of nitrogens with one attached hydrogen (secondary N) is 1. The van der Waals surface area contributed by atoms with Crippen molar-refractivity contribution in [2.45, 2.75) is 25.6 Å². The van der Waals surface area contributed by atoms with Crippen molar-refractivity contribution in [1.82, 2.24) is 19.9 Å². The Morgan fingerprint density at radius 1 is 1.08 bits per heavy atom.